The van der Waals surface area contributed by atoms with Gasteiger partial charge in [0.05, 0.1) is 17.2 Å². The Hall–Kier alpha value is -1.40. The topological polar surface area (TPSA) is 39.9 Å². The number of rotatable bonds is 8. The Balaban J connectivity index is 2.35. The Labute approximate surface area is 123 Å². The molecule has 0 amide bonds. The molecule has 1 aromatic rings. The third-order valence-corrected chi connectivity index (χ3v) is 3.61. The summed E-state index contributed by atoms with van der Waals surface area (Å²) in [5, 5.41) is 9.00. The highest BCUT2D eigenvalue weighted by Gasteiger charge is 2.15. The molecule has 0 atom stereocenters. The predicted octanol–water partition coefficient (Wildman–Crippen LogP) is 3.93. The van der Waals surface area contributed by atoms with Crippen molar-refractivity contribution >= 4 is 0 Å². The highest BCUT2D eigenvalue weighted by Crippen LogP contribution is 2.21. The van der Waals surface area contributed by atoms with E-state index < -0.39 is 0 Å². The Kier molecular flexibility index (Phi) is 6.67. The Morgan fingerprint density at radius 1 is 1.30 bits per heavy atom. The van der Waals surface area contributed by atoms with Crippen molar-refractivity contribution < 1.29 is 0 Å². The van der Waals surface area contributed by atoms with Crippen molar-refractivity contribution in [2.45, 2.75) is 53.5 Å². The number of nitrogens with zero attached hydrogens (tertiary/aromatic N) is 3. The zero-order valence-corrected chi connectivity index (χ0v) is 13.3. The number of hydrogen-bond acceptors (Lipinski definition) is 3. The fourth-order valence-corrected chi connectivity index (χ4v) is 2.22. The molecule has 0 aliphatic carbocycles. The molecule has 0 unspecified atom stereocenters. The van der Waals surface area contributed by atoms with E-state index >= 15 is 0 Å². The molecule has 0 bridgehead atoms. The van der Waals surface area contributed by atoms with Gasteiger partial charge in [-0.05, 0) is 58.8 Å². The van der Waals surface area contributed by atoms with E-state index in [4.69, 9.17) is 5.26 Å². The lowest BCUT2D eigenvalue weighted by Gasteiger charge is -2.21. The summed E-state index contributed by atoms with van der Waals surface area (Å²) in [4.78, 5) is 6.97. The second-order valence-electron chi connectivity index (χ2n) is 6.09. The maximum Gasteiger partial charge on any atom is 0.0683 e. The average Bonchev–Trinajstić information content (AvgIpc) is 2.42. The van der Waals surface area contributed by atoms with Crippen LogP contribution in [0, 0.1) is 23.7 Å². The Morgan fingerprint density at radius 3 is 2.65 bits per heavy atom. The lowest BCUT2D eigenvalue weighted by atomic mass is 9.89. The zero-order valence-electron chi connectivity index (χ0n) is 13.3. The summed E-state index contributed by atoms with van der Waals surface area (Å²) in [5.41, 5.74) is 2.04. The molecular weight excluding hydrogens is 246 g/mol. The molecule has 0 saturated heterocycles. The number of aryl methyl sites for hydroxylation is 1. The highest BCUT2D eigenvalue weighted by atomic mass is 15.1. The summed E-state index contributed by atoms with van der Waals surface area (Å²) in [6, 6.07) is 8.56. The van der Waals surface area contributed by atoms with Crippen LogP contribution in [0.25, 0.3) is 0 Å². The first-order chi connectivity index (χ1) is 9.46. The first kappa shape index (κ1) is 16.7. The minimum atomic E-state index is -0.185. The molecule has 1 heterocycles. The van der Waals surface area contributed by atoms with Gasteiger partial charge in [0.2, 0.25) is 0 Å². The molecule has 0 spiro atoms. The van der Waals surface area contributed by atoms with Gasteiger partial charge in [0, 0.05) is 12.2 Å². The molecule has 110 valence electrons. The van der Waals surface area contributed by atoms with Gasteiger partial charge in [-0.3, -0.25) is 9.88 Å². The van der Waals surface area contributed by atoms with Crippen molar-refractivity contribution in [2.24, 2.45) is 5.41 Å². The van der Waals surface area contributed by atoms with E-state index in [-0.39, 0.29) is 5.41 Å². The molecule has 0 fully saturated rings. The van der Waals surface area contributed by atoms with Crippen molar-refractivity contribution in [1.29, 1.82) is 5.26 Å². The van der Waals surface area contributed by atoms with E-state index in [1.807, 2.05) is 26.8 Å². The number of hydrogen-bond donors (Lipinski definition) is 0. The largest absolute Gasteiger partial charge is 0.298 e. The van der Waals surface area contributed by atoms with Crippen LogP contribution >= 0.6 is 0 Å². The zero-order chi connectivity index (χ0) is 15.0. The summed E-state index contributed by atoms with van der Waals surface area (Å²) in [5.74, 6) is 0. The fourth-order valence-electron chi connectivity index (χ4n) is 2.22. The van der Waals surface area contributed by atoms with Crippen LogP contribution in [-0.2, 0) is 6.54 Å². The van der Waals surface area contributed by atoms with Crippen molar-refractivity contribution in [3.05, 3.63) is 29.6 Å². The molecule has 0 aromatic carbocycles. The summed E-state index contributed by atoms with van der Waals surface area (Å²) in [6.45, 7) is 11.3. The van der Waals surface area contributed by atoms with Crippen LogP contribution in [0.5, 0.6) is 0 Å². The lowest BCUT2D eigenvalue weighted by Crippen LogP contribution is -2.25. The molecule has 20 heavy (non-hydrogen) atoms. The molecule has 1 rings (SSSR count). The van der Waals surface area contributed by atoms with Crippen LogP contribution in [-0.4, -0.2) is 23.0 Å². The maximum atomic E-state index is 9.00. The van der Waals surface area contributed by atoms with Gasteiger partial charge in [0.1, 0.15) is 0 Å². The maximum absolute atomic E-state index is 9.00. The number of pyridine rings is 1. The number of aromatic nitrogens is 1. The predicted molar refractivity (Wildman–Crippen MR) is 83.2 cm³/mol. The molecule has 1 aromatic heterocycles. The first-order valence-electron chi connectivity index (χ1n) is 7.53. The minimum absolute atomic E-state index is 0.185. The average molecular weight is 273 g/mol. The van der Waals surface area contributed by atoms with E-state index in [2.05, 4.69) is 35.0 Å². The van der Waals surface area contributed by atoms with E-state index in [1.54, 1.807) is 0 Å². The molecule has 0 aliphatic rings. The second kappa shape index (κ2) is 8.01. The number of unbranched alkanes of at least 4 members (excludes halogenated alkanes) is 1. The Morgan fingerprint density at radius 2 is 2.05 bits per heavy atom. The van der Waals surface area contributed by atoms with Crippen molar-refractivity contribution in [3.63, 3.8) is 0 Å². The number of nitriles is 1. The van der Waals surface area contributed by atoms with E-state index in [9.17, 15) is 0 Å². The standard InChI is InChI=1S/C17H27N3/c1-5-20(12-7-6-11-17(3,4)14-18)13-16-10-8-9-15(2)19-16/h8-10H,5-7,11-13H2,1-4H3. The smallest absolute Gasteiger partial charge is 0.0683 e. The summed E-state index contributed by atoms with van der Waals surface area (Å²) < 4.78 is 0. The lowest BCUT2D eigenvalue weighted by molar-refractivity contribution is 0.264. The summed E-state index contributed by atoms with van der Waals surface area (Å²) >= 11 is 0. The quantitative estimate of drug-likeness (QED) is 0.674. The van der Waals surface area contributed by atoms with Gasteiger partial charge in [0.15, 0.2) is 0 Å². The second-order valence-corrected chi connectivity index (χ2v) is 6.09. The molecule has 3 heteroatoms. The molecule has 0 radical (unpaired) electrons. The summed E-state index contributed by atoms with van der Waals surface area (Å²) in [6.07, 6.45) is 3.23. The minimum Gasteiger partial charge on any atom is -0.298 e. The van der Waals surface area contributed by atoms with Crippen molar-refractivity contribution in [1.82, 2.24) is 9.88 Å². The van der Waals surface area contributed by atoms with Gasteiger partial charge in [-0.1, -0.05) is 19.4 Å². The van der Waals surface area contributed by atoms with Crippen LogP contribution in [0.1, 0.15) is 51.4 Å². The van der Waals surface area contributed by atoms with Crippen LogP contribution in [0.15, 0.2) is 18.2 Å². The third kappa shape index (κ3) is 6.16. The van der Waals surface area contributed by atoms with E-state index in [0.717, 1.165) is 50.3 Å². The van der Waals surface area contributed by atoms with E-state index in [0.29, 0.717) is 0 Å². The van der Waals surface area contributed by atoms with Gasteiger partial charge in [-0.2, -0.15) is 5.26 Å². The van der Waals surface area contributed by atoms with Gasteiger partial charge < -0.3 is 0 Å². The van der Waals surface area contributed by atoms with Crippen molar-refractivity contribution in [2.75, 3.05) is 13.1 Å². The van der Waals surface area contributed by atoms with Gasteiger partial charge in [-0.15, -0.1) is 0 Å². The normalized spacial score (nSPS) is 11.6. The van der Waals surface area contributed by atoms with Crippen molar-refractivity contribution in [3.8, 4) is 6.07 Å². The molecule has 0 saturated carbocycles. The van der Waals surface area contributed by atoms with Crippen LogP contribution in [0.4, 0.5) is 0 Å². The molecule has 0 aliphatic heterocycles. The first-order valence-corrected chi connectivity index (χ1v) is 7.53. The highest BCUT2D eigenvalue weighted by molar-refractivity contribution is 5.09. The van der Waals surface area contributed by atoms with Gasteiger partial charge in [-0.25, -0.2) is 0 Å². The Bertz CT molecular complexity index is 446. The molecule has 0 N–H and O–H groups in total. The molecular formula is C17H27N3. The van der Waals surface area contributed by atoms with Crippen LogP contribution < -0.4 is 0 Å². The fraction of sp³-hybridized carbons (Fsp3) is 0.647. The van der Waals surface area contributed by atoms with Gasteiger partial charge >= 0.3 is 0 Å². The van der Waals surface area contributed by atoms with Crippen LogP contribution in [0.2, 0.25) is 0 Å². The SMILES string of the molecule is CCN(CCCCC(C)(C)C#N)Cc1cccc(C)n1. The van der Waals surface area contributed by atoms with Gasteiger partial charge in [0.25, 0.3) is 0 Å². The third-order valence-electron chi connectivity index (χ3n) is 3.61. The van der Waals surface area contributed by atoms with Crippen LogP contribution in [0.3, 0.4) is 0 Å². The van der Waals surface area contributed by atoms with E-state index in [1.165, 1.54) is 0 Å². The monoisotopic (exact) mass is 273 g/mol. The molecule has 3 nitrogen and oxygen atoms in total. The summed E-state index contributed by atoms with van der Waals surface area (Å²) in [7, 11) is 0.